The molecule has 2 aliphatic heterocycles. The molecule has 0 aromatic carbocycles. The molecule has 2 saturated heterocycles. The van der Waals surface area contributed by atoms with Crippen molar-refractivity contribution in [2.24, 2.45) is 5.14 Å². The summed E-state index contributed by atoms with van der Waals surface area (Å²) in [5.41, 5.74) is 0. The molecule has 0 saturated carbocycles. The van der Waals surface area contributed by atoms with Gasteiger partial charge in [-0.2, -0.15) is 12.7 Å². The number of nitrogens with zero attached hydrogens (tertiary/aromatic N) is 2. The van der Waals surface area contributed by atoms with Crippen molar-refractivity contribution in [2.45, 2.75) is 18.9 Å². The Morgan fingerprint density at radius 2 is 2.00 bits per heavy atom. The maximum atomic E-state index is 11.1. The van der Waals surface area contributed by atoms with Crippen molar-refractivity contribution in [3.05, 3.63) is 0 Å². The zero-order chi connectivity index (χ0) is 9.47. The largest absolute Gasteiger partial charge is 0.298 e. The summed E-state index contributed by atoms with van der Waals surface area (Å²) in [5.74, 6) is 0. The third-order valence-corrected chi connectivity index (χ3v) is 3.96. The highest BCUT2D eigenvalue weighted by atomic mass is 32.2. The fourth-order valence-electron chi connectivity index (χ4n) is 2.19. The van der Waals surface area contributed by atoms with E-state index >= 15 is 0 Å². The van der Waals surface area contributed by atoms with E-state index < -0.39 is 10.2 Å². The first kappa shape index (κ1) is 9.39. The van der Waals surface area contributed by atoms with E-state index in [1.54, 1.807) is 0 Å². The summed E-state index contributed by atoms with van der Waals surface area (Å²) in [6, 6.07) is 0.409. The lowest BCUT2D eigenvalue weighted by Crippen LogP contribution is -2.53. The summed E-state index contributed by atoms with van der Waals surface area (Å²) in [4.78, 5) is 2.35. The first-order chi connectivity index (χ1) is 6.07. The van der Waals surface area contributed by atoms with Crippen molar-refractivity contribution < 1.29 is 8.42 Å². The summed E-state index contributed by atoms with van der Waals surface area (Å²) in [6.07, 6.45) is 2.29. The molecule has 2 heterocycles. The van der Waals surface area contributed by atoms with Gasteiger partial charge in [0.1, 0.15) is 0 Å². The molecule has 13 heavy (non-hydrogen) atoms. The Labute approximate surface area is 78.7 Å². The molecule has 6 heteroatoms. The third-order valence-electron chi connectivity index (χ3n) is 2.91. The quantitative estimate of drug-likeness (QED) is 0.595. The lowest BCUT2D eigenvalue weighted by atomic mass is 10.2. The number of hydrogen-bond acceptors (Lipinski definition) is 3. The Morgan fingerprint density at radius 1 is 1.23 bits per heavy atom. The molecule has 2 N–H and O–H groups in total. The van der Waals surface area contributed by atoms with Gasteiger partial charge in [0, 0.05) is 25.7 Å². The number of piperazine rings is 1. The van der Waals surface area contributed by atoms with Crippen LogP contribution in [0.5, 0.6) is 0 Å². The monoisotopic (exact) mass is 205 g/mol. The van der Waals surface area contributed by atoms with Crippen molar-refractivity contribution in [1.82, 2.24) is 9.21 Å². The van der Waals surface area contributed by atoms with Crippen molar-refractivity contribution in [3.8, 4) is 0 Å². The predicted octanol–water partition coefficient (Wildman–Crippen LogP) is -1.03. The molecule has 5 nitrogen and oxygen atoms in total. The average molecular weight is 205 g/mol. The van der Waals surface area contributed by atoms with Gasteiger partial charge in [0.15, 0.2) is 0 Å². The lowest BCUT2D eigenvalue weighted by Gasteiger charge is -2.35. The minimum atomic E-state index is -3.46. The summed E-state index contributed by atoms with van der Waals surface area (Å²) >= 11 is 0. The number of fused-ring (bicyclic) bond motifs is 1. The zero-order valence-corrected chi connectivity index (χ0v) is 8.33. The number of rotatable bonds is 1. The van der Waals surface area contributed by atoms with E-state index in [-0.39, 0.29) is 0 Å². The van der Waals surface area contributed by atoms with Gasteiger partial charge in [-0.25, -0.2) is 5.14 Å². The molecule has 0 radical (unpaired) electrons. The Bertz CT molecular complexity index is 290. The van der Waals surface area contributed by atoms with E-state index in [1.165, 1.54) is 10.7 Å². The van der Waals surface area contributed by atoms with E-state index in [9.17, 15) is 8.42 Å². The van der Waals surface area contributed by atoms with Gasteiger partial charge in [0.2, 0.25) is 0 Å². The van der Waals surface area contributed by atoms with Gasteiger partial charge in [-0.15, -0.1) is 0 Å². The highest BCUT2D eigenvalue weighted by Gasteiger charge is 2.33. The van der Waals surface area contributed by atoms with Crippen LogP contribution in [0.3, 0.4) is 0 Å². The Morgan fingerprint density at radius 3 is 2.69 bits per heavy atom. The molecule has 2 fully saturated rings. The standard InChI is InChI=1S/C7H15N3O2S/c8-13(11,12)10-5-4-9-3-1-2-7(9)6-10/h7H,1-6H2,(H2,8,11,12). The van der Waals surface area contributed by atoms with Crippen LogP contribution in [0.15, 0.2) is 0 Å². The summed E-state index contributed by atoms with van der Waals surface area (Å²) in [6.45, 7) is 3.08. The topological polar surface area (TPSA) is 66.6 Å². The van der Waals surface area contributed by atoms with Crippen LogP contribution in [-0.4, -0.2) is 49.8 Å². The van der Waals surface area contributed by atoms with Crippen LogP contribution < -0.4 is 5.14 Å². The van der Waals surface area contributed by atoms with Crippen LogP contribution in [0, 0.1) is 0 Å². The molecule has 0 amide bonds. The van der Waals surface area contributed by atoms with Crippen molar-refractivity contribution >= 4 is 10.2 Å². The Hall–Kier alpha value is -0.170. The van der Waals surface area contributed by atoms with Crippen LogP contribution in [-0.2, 0) is 10.2 Å². The second-order valence-electron chi connectivity index (χ2n) is 3.73. The SMILES string of the molecule is NS(=O)(=O)N1CCN2CCCC2C1. The average Bonchev–Trinajstić information content (AvgIpc) is 2.47. The van der Waals surface area contributed by atoms with Gasteiger partial charge in [-0.05, 0) is 19.4 Å². The van der Waals surface area contributed by atoms with E-state index in [4.69, 9.17) is 5.14 Å². The smallest absolute Gasteiger partial charge is 0.276 e. The molecule has 0 bridgehead atoms. The lowest BCUT2D eigenvalue weighted by molar-refractivity contribution is 0.158. The molecule has 0 aliphatic carbocycles. The second-order valence-corrected chi connectivity index (χ2v) is 5.28. The molecule has 0 aromatic rings. The molecule has 0 spiro atoms. The molecule has 2 aliphatic rings. The molecular weight excluding hydrogens is 190 g/mol. The van der Waals surface area contributed by atoms with Gasteiger partial charge >= 0.3 is 0 Å². The van der Waals surface area contributed by atoms with Crippen molar-refractivity contribution in [3.63, 3.8) is 0 Å². The van der Waals surface area contributed by atoms with E-state index in [0.717, 1.165) is 19.5 Å². The minimum absolute atomic E-state index is 0.409. The normalized spacial score (nSPS) is 31.9. The summed E-state index contributed by atoms with van der Waals surface area (Å²) in [5, 5.41) is 5.07. The molecule has 1 atom stereocenters. The third kappa shape index (κ3) is 1.85. The summed E-state index contributed by atoms with van der Waals surface area (Å²) in [7, 11) is -3.46. The van der Waals surface area contributed by atoms with Gasteiger partial charge in [0.25, 0.3) is 10.2 Å². The van der Waals surface area contributed by atoms with E-state index in [2.05, 4.69) is 4.90 Å². The van der Waals surface area contributed by atoms with E-state index in [1.807, 2.05) is 0 Å². The molecule has 0 aromatic heterocycles. The van der Waals surface area contributed by atoms with Crippen molar-refractivity contribution in [1.29, 1.82) is 0 Å². The van der Waals surface area contributed by atoms with Crippen LogP contribution in [0.4, 0.5) is 0 Å². The van der Waals surface area contributed by atoms with Crippen LogP contribution in [0.1, 0.15) is 12.8 Å². The minimum Gasteiger partial charge on any atom is -0.298 e. The fourth-order valence-corrected chi connectivity index (χ4v) is 2.91. The highest BCUT2D eigenvalue weighted by molar-refractivity contribution is 7.86. The van der Waals surface area contributed by atoms with Crippen LogP contribution >= 0.6 is 0 Å². The second kappa shape index (κ2) is 3.20. The highest BCUT2D eigenvalue weighted by Crippen LogP contribution is 2.21. The maximum absolute atomic E-state index is 11.1. The van der Waals surface area contributed by atoms with E-state index in [0.29, 0.717) is 19.1 Å². The van der Waals surface area contributed by atoms with Crippen LogP contribution in [0.2, 0.25) is 0 Å². The number of hydrogen-bond donors (Lipinski definition) is 1. The van der Waals surface area contributed by atoms with Gasteiger partial charge < -0.3 is 0 Å². The van der Waals surface area contributed by atoms with Crippen LogP contribution in [0.25, 0.3) is 0 Å². The molecule has 76 valence electrons. The van der Waals surface area contributed by atoms with Crippen molar-refractivity contribution in [2.75, 3.05) is 26.2 Å². The summed E-state index contributed by atoms with van der Waals surface area (Å²) < 4.78 is 23.5. The predicted molar refractivity (Wildman–Crippen MR) is 49.3 cm³/mol. The maximum Gasteiger partial charge on any atom is 0.276 e. The first-order valence-corrected chi connectivity index (χ1v) is 6.09. The Balaban J connectivity index is 2.05. The molecule has 1 unspecified atom stereocenters. The molecule has 2 rings (SSSR count). The Kier molecular flexibility index (Phi) is 2.31. The van der Waals surface area contributed by atoms with Gasteiger partial charge in [0.05, 0.1) is 0 Å². The fraction of sp³-hybridized carbons (Fsp3) is 1.00. The zero-order valence-electron chi connectivity index (χ0n) is 7.52. The molecular formula is C7H15N3O2S. The number of nitrogens with two attached hydrogens (primary N) is 1. The van der Waals surface area contributed by atoms with Gasteiger partial charge in [-0.3, -0.25) is 4.90 Å². The first-order valence-electron chi connectivity index (χ1n) is 4.59. The van der Waals surface area contributed by atoms with Gasteiger partial charge in [-0.1, -0.05) is 0 Å².